The maximum atomic E-state index is 13.4. The molecular formula is C65H109N3O48. The highest BCUT2D eigenvalue weighted by atomic mass is 16.8. The van der Waals surface area contributed by atoms with Crippen LogP contribution in [0, 0.1) is 0 Å². The Hall–Kier alpha value is -3.39. The molecule has 0 aromatic carbocycles. The summed E-state index contributed by atoms with van der Waals surface area (Å²) < 4.78 is 114. The molecule has 1 unspecified atom stereocenters. The van der Waals surface area contributed by atoms with E-state index in [1.807, 2.05) is 0 Å². The van der Waals surface area contributed by atoms with Crippen molar-refractivity contribution in [2.75, 3.05) is 52.9 Å². The molecule has 49 atom stereocenters. The van der Waals surface area contributed by atoms with Crippen molar-refractivity contribution in [3.8, 4) is 0 Å². The van der Waals surface area contributed by atoms with Gasteiger partial charge < -0.3 is 239 Å². The lowest BCUT2D eigenvalue weighted by Crippen LogP contribution is -2.71. The number of carbonyl (C=O) groups is 3. The van der Waals surface area contributed by atoms with Crippen LogP contribution < -0.4 is 16.0 Å². The summed E-state index contributed by atoms with van der Waals surface area (Å²) >= 11 is 0. The highest BCUT2D eigenvalue weighted by Gasteiger charge is 2.61. The molecule has 0 bridgehead atoms. The van der Waals surface area contributed by atoms with E-state index in [9.17, 15) is 147 Å². The topological polar surface area (TPSA) is 789 Å². The van der Waals surface area contributed by atoms with Crippen LogP contribution in [-0.4, -0.2) is 504 Å². The predicted octanol–water partition coefficient (Wildman–Crippen LogP) is -19.7. The van der Waals surface area contributed by atoms with Gasteiger partial charge in [-0.2, -0.15) is 0 Å². The van der Waals surface area contributed by atoms with Crippen LogP contribution >= 0.6 is 0 Å². The van der Waals surface area contributed by atoms with Crippen LogP contribution in [0.25, 0.3) is 0 Å². The fourth-order valence-corrected chi connectivity index (χ4v) is 14.9. The zero-order valence-electron chi connectivity index (χ0n) is 62.6. The Labute approximate surface area is 657 Å². The van der Waals surface area contributed by atoms with Crippen molar-refractivity contribution in [3.05, 3.63) is 0 Å². The standard InChI is InChI=1S/C65H109N3O48/c1-14-30(77)40(87)46(93)59(102-14)99-11-24-35(82)38(85)27(66-16(3)73)57(108-24)115-54-44(91)36(83)25(12-100-60-47(94)42(89)33(80)20(6-69)105-60)109-64(54)101-13-26-37(84)53(114-63-49(96)43(90)34(81)21(7-70)106-63)55(116-61-45(92)32(79)19(76)10-98-61)65(110-26)111-50-22(8-71)107-58(28(39(50)86)67-17(4)74)112-51-23(9-72)104-56(97)29(68-18(5)75)52(51)113-62-48(95)41(88)31(78)15(2)103-62/h14-15,19-65,69-72,76-97H,6-13H2,1-5H3,(H,66,73)(H,67,74)(H,68,75)/t14-,15-,19+,20+,21+,22+,23+,24+,25+,26+,27+,28+,29+,30+,31+,32-,33+,34+,35+,36+,37+,38+,39+,40+,41+,42-,43-,44-,45+,46-,47-,48-,49-,50+,51+,52+,53-,54-,55-,56?,57-,58-,59+,60-,61-,62-,63+,64-,65-/m0/s1. The van der Waals surface area contributed by atoms with Gasteiger partial charge in [0.25, 0.3) is 0 Å². The molecular weight excluding hydrogens is 1590 g/mol. The highest BCUT2D eigenvalue weighted by molar-refractivity contribution is 5.74. The Morgan fingerprint density at radius 2 is 0.621 bits per heavy atom. The Bertz CT molecular complexity index is 3080. The van der Waals surface area contributed by atoms with Gasteiger partial charge in [0.1, 0.15) is 226 Å². The number of ether oxygens (including phenoxy) is 19. The summed E-state index contributed by atoms with van der Waals surface area (Å²) in [6.07, 6.45) is -94.3. The highest BCUT2D eigenvalue weighted by Crippen LogP contribution is 2.41. The summed E-state index contributed by atoms with van der Waals surface area (Å²) in [5.41, 5.74) is 0. The van der Waals surface area contributed by atoms with Gasteiger partial charge in [-0.25, -0.2) is 0 Å². The minimum absolute atomic E-state index is 0.834. The molecule has 10 saturated heterocycles. The van der Waals surface area contributed by atoms with E-state index in [2.05, 4.69) is 16.0 Å². The molecule has 10 fully saturated rings. The quantitative estimate of drug-likeness (QED) is 0.0346. The number of hydrogen-bond acceptors (Lipinski definition) is 48. The van der Waals surface area contributed by atoms with Crippen LogP contribution in [0.2, 0.25) is 0 Å². The van der Waals surface area contributed by atoms with E-state index < -0.39 is 371 Å². The third-order valence-corrected chi connectivity index (χ3v) is 21.6. The molecule has 0 aliphatic carbocycles. The summed E-state index contributed by atoms with van der Waals surface area (Å²) in [7, 11) is 0. The zero-order chi connectivity index (χ0) is 85.2. The van der Waals surface area contributed by atoms with Crippen LogP contribution in [0.5, 0.6) is 0 Å². The van der Waals surface area contributed by atoms with E-state index >= 15 is 0 Å². The largest absolute Gasteiger partial charge is 0.394 e. The first-order chi connectivity index (χ1) is 54.7. The second-order valence-corrected chi connectivity index (χ2v) is 29.8. The van der Waals surface area contributed by atoms with Gasteiger partial charge in [-0.1, -0.05) is 0 Å². The average Bonchev–Trinajstić information content (AvgIpc) is 0.764. The summed E-state index contributed by atoms with van der Waals surface area (Å²) in [5, 5.41) is 296. The molecule has 0 radical (unpaired) electrons. The fraction of sp³-hybridized carbons (Fsp3) is 0.954. The van der Waals surface area contributed by atoms with Gasteiger partial charge in [0.05, 0.1) is 65.1 Å². The molecule has 3 amide bonds. The van der Waals surface area contributed by atoms with Gasteiger partial charge in [-0.05, 0) is 13.8 Å². The van der Waals surface area contributed by atoms with Gasteiger partial charge in [0.2, 0.25) is 17.7 Å². The van der Waals surface area contributed by atoms with Gasteiger partial charge in [-0.15, -0.1) is 0 Å². The Kier molecular flexibility index (Phi) is 33.5. The molecule has 10 heterocycles. The lowest BCUT2D eigenvalue weighted by molar-refractivity contribution is -0.406. The normalized spacial score (nSPS) is 51.1. The van der Waals surface area contributed by atoms with Gasteiger partial charge >= 0.3 is 0 Å². The summed E-state index contributed by atoms with van der Waals surface area (Å²) in [4.78, 5) is 39.0. The number of amides is 3. The smallest absolute Gasteiger partial charge is 0.217 e. The van der Waals surface area contributed by atoms with Crippen molar-refractivity contribution < 1.29 is 237 Å². The second-order valence-electron chi connectivity index (χ2n) is 29.8. The van der Waals surface area contributed by atoms with Crippen LogP contribution in [0.1, 0.15) is 34.6 Å². The number of rotatable bonds is 28. The molecule has 116 heavy (non-hydrogen) atoms. The average molecular weight is 1700 g/mol. The van der Waals surface area contributed by atoms with Gasteiger partial charge in [-0.3, -0.25) is 14.4 Å². The molecule has 51 heteroatoms. The van der Waals surface area contributed by atoms with E-state index in [0.717, 1.165) is 20.8 Å². The first-order valence-corrected chi connectivity index (χ1v) is 37.3. The van der Waals surface area contributed by atoms with Crippen LogP contribution in [-0.2, 0) is 104 Å². The summed E-state index contributed by atoms with van der Waals surface area (Å²) in [6, 6.07) is -5.72. The lowest BCUT2D eigenvalue weighted by Gasteiger charge is -2.52. The number of aliphatic hydroxyl groups excluding tert-OH is 26. The minimum atomic E-state index is -2.51. The Morgan fingerprint density at radius 3 is 1.15 bits per heavy atom. The first kappa shape index (κ1) is 94.9. The van der Waals surface area contributed by atoms with Crippen molar-refractivity contribution >= 4 is 17.7 Å². The zero-order valence-corrected chi connectivity index (χ0v) is 62.6. The fourth-order valence-electron chi connectivity index (χ4n) is 14.9. The lowest BCUT2D eigenvalue weighted by atomic mass is 9.93. The van der Waals surface area contributed by atoms with Crippen molar-refractivity contribution in [1.82, 2.24) is 16.0 Å². The monoisotopic (exact) mass is 1700 g/mol. The molecule has 0 spiro atoms. The molecule has 51 nitrogen and oxygen atoms in total. The Morgan fingerprint density at radius 1 is 0.276 bits per heavy atom. The van der Waals surface area contributed by atoms with E-state index in [4.69, 9.17) is 90.0 Å². The van der Waals surface area contributed by atoms with E-state index in [1.165, 1.54) is 13.8 Å². The van der Waals surface area contributed by atoms with Crippen molar-refractivity contribution in [1.29, 1.82) is 0 Å². The third kappa shape index (κ3) is 20.8. The molecule has 10 aliphatic heterocycles. The Balaban J connectivity index is 1.02. The van der Waals surface area contributed by atoms with E-state index in [1.54, 1.807) is 0 Å². The number of aliphatic hydroxyl groups is 26. The molecule has 29 N–H and O–H groups in total. The van der Waals surface area contributed by atoms with Gasteiger partial charge in [0.15, 0.2) is 62.9 Å². The molecule has 0 aromatic heterocycles. The van der Waals surface area contributed by atoms with Crippen molar-refractivity contribution in [3.63, 3.8) is 0 Å². The minimum Gasteiger partial charge on any atom is -0.394 e. The SMILES string of the molecule is CC(=O)N[C@H]1[C@H](O[C@H]2[C@H](O[C@@H]3O[C@@H](C)[C@@H](O)[C@@H](O)[C@@H]3O)[C@@H](NC(C)=O)C(O)O[C@@H]2CO)O[C@H](CO)[C@@H](O[C@@H]2O[C@H](CO[C@H]3O[C@H](CO[C@H]4O[C@H](CO)[C@@H](O)[C@H](O)[C@@H]4O)[C@@H](O)[C@H](O)[C@@H]3O[C@@H]3O[C@H](CO[C@@H]4O[C@@H](C)[C@@H](O)[C@@H](O)[C@@H]4O)[C@@H](O)[C@H](O)[C@H]3NC(C)=O)[C@@H](O)[C@H](O[C@H]3O[C@H](CO)[C@@H](O)[C@H](O)[C@@H]3O)[C@@H]2O[C@@H]2OC[C@@H](O)[C@H](O)[C@H]2O)[C@@H]1O. The maximum absolute atomic E-state index is 13.4. The molecule has 10 aliphatic rings. The predicted molar refractivity (Wildman–Crippen MR) is 356 cm³/mol. The van der Waals surface area contributed by atoms with Crippen LogP contribution in [0.15, 0.2) is 0 Å². The first-order valence-electron chi connectivity index (χ1n) is 37.3. The maximum Gasteiger partial charge on any atom is 0.217 e. The van der Waals surface area contributed by atoms with Crippen LogP contribution in [0.4, 0.5) is 0 Å². The third-order valence-electron chi connectivity index (χ3n) is 21.6. The second kappa shape index (κ2) is 40.9. The number of hydrogen-bond donors (Lipinski definition) is 29. The summed E-state index contributed by atoms with van der Waals surface area (Å²) in [5.74, 6) is -2.79. The van der Waals surface area contributed by atoms with E-state index in [0.29, 0.717) is 0 Å². The molecule has 0 aromatic rings. The van der Waals surface area contributed by atoms with E-state index in [-0.39, 0.29) is 0 Å². The van der Waals surface area contributed by atoms with Gasteiger partial charge in [0, 0.05) is 20.8 Å². The molecule has 672 valence electrons. The molecule has 10 rings (SSSR count). The summed E-state index contributed by atoms with van der Waals surface area (Å²) in [6.45, 7) is -3.01. The van der Waals surface area contributed by atoms with Crippen LogP contribution in [0.3, 0.4) is 0 Å². The number of nitrogens with one attached hydrogen (secondary N) is 3. The number of carbonyl (C=O) groups excluding carboxylic acids is 3. The molecule has 0 saturated carbocycles. The van der Waals surface area contributed by atoms with Crippen molar-refractivity contribution in [2.45, 2.75) is 335 Å². The van der Waals surface area contributed by atoms with Crippen molar-refractivity contribution in [2.24, 2.45) is 0 Å².